The van der Waals surface area contributed by atoms with Gasteiger partial charge in [-0.1, -0.05) is 61.9 Å². The zero-order valence-corrected chi connectivity index (χ0v) is 19.2. The molecule has 5 rings (SSSR count). The Morgan fingerprint density at radius 1 is 1.00 bits per heavy atom. The number of ketones is 1. The number of fused-ring (bicyclic) bond motifs is 2. The monoisotopic (exact) mass is 434 g/mol. The average Bonchev–Trinajstić information content (AvgIpc) is 3.19. The normalized spacial score (nSPS) is 16.3. The Morgan fingerprint density at radius 3 is 2.30 bits per heavy atom. The van der Waals surface area contributed by atoms with Gasteiger partial charge in [-0.2, -0.15) is 0 Å². The van der Waals surface area contributed by atoms with Crippen LogP contribution in [0.4, 0.5) is 5.69 Å². The summed E-state index contributed by atoms with van der Waals surface area (Å²) in [5, 5.41) is 0. The van der Waals surface area contributed by atoms with E-state index >= 15 is 0 Å². The van der Waals surface area contributed by atoms with Gasteiger partial charge in [0.25, 0.3) is 11.7 Å². The number of carbonyl (C=O) groups excluding carboxylic acids is 2. The zero-order valence-electron chi connectivity index (χ0n) is 17.6. The number of hydrogen-bond donors (Lipinski definition) is 0. The fourth-order valence-corrected chi connectivity index (χ4v) is 6.24. The summed E-state index contributed by atoms with van der Waals surface area (Å²) in [5.41, 5.74) is 5.54. The standard InChI is InChI=1S/C24H22N2O2S2/c1-12(2)14-7-9-15(10-8-14)26-23(29)18-16-11-6-13(3)17-19(16)25(22(28)20(17)27)24(4,5)21(18)30-26/h6-12H,1-5H3. The second-order valence-corrected chi connectivity index (χ2v) is 10.2. The van der Waals surface area contributed by atoms with Crippen LogP contribution in [0.1, 0.15) is 60.0 Å². The minimum Gasteiger partial charge on any atom is -0.294 e. The molecule has 1 aromatic heterocycles. The van der Waals surface area contributed by atoms with Crippen molar-refractivity contribution in [3.8, 4) is 16.8 Å². The number of hydrogen-bond acceptors (Lipinski definition) is 4. The van der Waals surface area contributed by atoms with Crippen molar-refractivity contribution in [1.29, 1.82) is 0 Å². The summed E-state index contributed by atoms with van der Waals surface area (Å²) in [6.07, 6.45) is 0. The van der Waals surface area contributed by atoms with Crippen molar-refractivity contribution in [2.24, 2.45) is 0 Å². The van der Waals surface area contributed by atoms with Crippen LogP contribution < -0.4 is 4.90 Å². The van der Waals surface area contributed by atoms with Crippen molar-refractivity contribution in [2.75, 3.05) is 4.90 Å². The topological polar surface area (TPSA) is 42.3 Å². The molecule has 3 aromatic rings. The second kappa shape index (κ2) is 6.22. The molecular weight excluding hydrogens is 412 g/mol. The maximum Gasteiger partial charge on any atom is 0.300 e. The van der Waals surface area contributed by atoms with Gasteiger partial charge in [0.05, 0.1) is 27.4 Å². The molecule has 152 valence electrons. The SMILES string of the molecule is Cc1ccc2c3c1C(=O)C(=O)N3C(C)(C)c1sn(-c3ccc(C(C)C)cc3)c(=S)c1-2. The van der Waals surface area contributed by atoms with E-state index in [4.69, 9.17) is 12.2 Å². The van der Waals surface area contributed by atoms with Gasteiger partial charge >= 0.3 is 0 Å². The van der Waals surface area contributed by atoms with Crippen molar-refractivity contribution in [1.82, 2.24) is 3.96 Å². The minimum absolute atomic E-state index is 0.421. The summed E-state index contributed by atoms with van der Waals surface area (Å²) in [6, 6.07) is 12.4. The summed E-state index contributed by atoms with van der Waals surface area (Å²) < 4.78 is 2.78. The predicted octanol–water partition coefficient (Wildman–Crippen LogP) is 6.15. The highest BCUT2D eigenvalue weighted by Crippen LogP contribution is 2.55. The average molecular weight is 435 g/mol. The van der Waals surface area contributed by atoms with Gasteiger partial charge in [-0.15, -0.1) is 0 Å². The molecule has 30 heavy (non-hydrogen) atoms. The number of benzene rings is 2. The summed E-state index contributed by atoms with van der Waals surface area (Å²) in [4.78, 5) is 28.4. The summed E-state index contributed by atoms with van der Waals surface area (Å²) in [7, 11) is 0. The predicted molar refractivity (Wildman–Crippen MR) is 124 cm³/mol. The molecule has 0 radical (unpaired) electrons. The van der Waals surface area contributed by atoms with Crippen LogP contribution in [0.25, 0.3) is 16.8 Å². The second-order valence-electron chi connectivity index (χ2n) is 8.82. The highest BCUT2D eigenvalue weighted by Gasteiger charge is 2.51. The number of amides is 1. The highest BCUT2D eigenvalue weighted by molar-refractivity contribution is 7.71. The van der Waals surface area contributed by atoms with E-state index in [-0.39, 0.29) is 0 Å². The molecule has 4 nitrogen and oxygen atoms in total. The highest BCUT2D eigenvalue weighted by atomic mass is 32.1. The zero-order chi connectivity index (χ0) is 21.5. The molecule has 0 atom stereocenters. The van der Waals surface area contributed by atoms with E-state index in [9.17, 15) is 9.59 Å². The van der Waals surface area contributed by atoms with Gasteiger partial charge < -0.3 is 0 Å². The van der Waals surface area contributed by atoms with Crippen molar-refractivity contribution in [3.05, 3.63) is 62.6 Å². The maximum atomic E-state index is 13.0. The lowest BCUT2D eigenvalue weighted by molar-refractivity contribution is -0.115. The molecule has 0 spiro atoms. The molecule has 0 unspecified atom stereocenters. The van der Waals surface area contributed by atoms with Crippen LogP contribution in [-0.4, -0.2) is 15.6 Å². The van der Waals surface area contributed by atoms with Gasteiger partial charge in [-0.3, -0.25) is 18.4 Å². The lowest BCUT2D eigenvalue weighted by atomic mass is 9.87. The van der Waals surface area contributed by atoms with Gasteiger partial charge in [0, 0.05) is 11.1 Å². The number of anilines is 1. The third-order valence-corrected chi connectivity index (χ3v) is 8.18. The first-order chi connectivity index (χ1) is 14.1. The van der Waals surface area contributed by atoms with Gasteiger partial charge in [0.2, 0.25) is 0 Å². The van der Waals surface area contributed by atoms with E-state index in [1.165, 1.54) is 5.56 Å². The van der Waals surface area contributed by atoms with E-state index in [1.54, 1.807) is 16.4 Å². The van der Waals surface area contributed by atoms with Gasteiger partial charge in [-0.25, -0.2) is 0 Å². The minimum atomic E-state index is -0.657. The molecule has 2 aliphatic rings. The fraction of sp³-hybridized carbons (Fsp3) is 0.292. The Balaban J connectivity index is 1.80. The Labute approximate surface area is 184 Å². The smallest absolute Gasteiger partial charge is 0.294 e. The van der Waals surface area contributed by atoms with Crippen molar-refractivity contribution in [2.45, 2.75) is 46.1 Å². The van der Waals surface area contributed by atoms with Crippen LogP contribution in [0, 0.1) is 11.6 Å². The van der Waals surface area contributed by atoms with E-state index in [2.05, 4.69) is 42.1 Å². The van der Waals surface area contributed by atoms with Crippen molar-refractivity contribution < 1.29 is 9.59 Å². The van der Waals surface area contributed by atoms with E-state index < -0.39 is 17.2 Å². The molecule has 0 bridgehead atoms. The van der Waals surface area contributed by atoms with Crippen LogP contribution >= 0.6 is 23.8 Å². The fourth-order valence-electron chi connectivity index (χ4n) is 4.55. The Kier molecular flexibility index (Phi) is 4.02. The van der Waals surface area contributed by atoms with Crippen molar-refractivity contribution >= 4 is 41.1 Å². The molecule has 3 heterocycles. The number of nitrogens with zero attached hydrogens (tertiary/aromatic N) is 2. The molecule has 0 fully saturated rings. The van der Waals surface area contributed by atoms with E-state index in [0.29, 0.717) is 17.2 Å². The Morgan fingerprint density at radius 2 is 1.67 bits per heavy atom. The molecule has 0 aliphatic carbocycles. The van der Waals surface area contributed by atoms with Crippen LogP contribution in [-0.2, 0) is 10.3 Å². The van der Waals surface area contributed by atoms with Gasteiger partial charge in [-0.05, 0) is 49.9 Å². The van der Waals surface area contributed by atoms with Crippen molar-refractivity contribution in [3.63, 3.8) is 0 Å². The number of aryl methyl sites for hydroxylation is 1. The first-order valence-electron chi connectivity index (χ1n) is 10.0. The van der Waals surface area contributed by atoms with Crippen LogP contribution in [0.15, 0.2) is 36.4 Å². The van der Waals surface area contributed by atoms with Crippen LogP contribution in [0.3, 0.4) is 0 Å². The molecule has 6 heteroatoms. The number of carbonyl (C=O) groups is 2. The van der Waals surface area contributed by atoms with Crippen LogP contribution in [0.5, 0.6) is 0 Å². The van der Waals surface area contributed by atoms with Crippen LogP contribution in [0.2, 0.25) is 0 Å². The maximum absolute atomic E-state index is 13.0. The molecule has 2 aliphatic heterocycles. The third-order valence-electron chi connectivity index (χ3n) is 6.22. The first-order valence-corrected chi connectivity index (χ1v) is 11.2. The van der Waals surface area contributed by atoms with E-state index in [0.717, 1.165) is 31.9 Å². The summed E-state index contributed by atoms with van der Waals surface area (Å²) in [5.74, 6) is -0.412. The largest absolute Gasteiger partial charge is 0.300 e. The number of rotatable bonds is 2. The molecule has 0 saturated carbocycles. The Hall–Kier alpha value is -2.57. The van der Waals surface area contributed by atoms with Gasteiger partial charge in [0.1, 0.15) is 4.64 Å². The molecule has 2 aromatic carbocycles. The molecule has 0 N–H and O–H groups in total. The summed E-state index contributed by atoms with van der Waals surface area (Å²) >= 11 is 7.49. The van der Waals surface area contributed by atoms with E-state index in [1.807, 2.05) is 32.9 Å². The third kappa shape index (κ3) is 2.35. The lowest BCUT2D eigenvalue weighted by Crippen LogP contribution is -2.46. The van der Waals surface area contributed by atoms with Gasteiger partial charge in [0.15, 0.2) is 0 Å². The quantitative estimate of drug-likeness (QED) is 0.359. The molecule has 1 amide bonds. The summed E-state index contributed by atoms with van der Waals surface area (Å²) in [6.45, 7) is 10.2. The molecule has 0 saturated heterocycles. The first kappa shape index (κ1) is 19.4. The molecular formula is C24H22N2O2S2. The number of aromatic nitrogens is 1. The number of Topliss-reactive ketones (excluding diaryl/α,β-unsaturated/α-hetero) is 1. The Bertz CT molecular complexity index is 1310. The lowest BCUT2D eigenvalue weighted by Gasteiger charge is -2.39.